The highest BCUT2D eigenvalue weighted by Crippen LogP contribution is 2.12. The average molecular weight is 299 g/mol. The second-order valence-corrected chi connectivity index (χ2v) is 4.37. The zero-order valence-electron chi connectivity index (χ0n) is 10.9. The third kappa shape index (κ3) is 6.19. The lowest BCUT2D eigenvalue weighted by molar-refractivity contribution is -0.141. The number of nitrogens with one attached hydrogen (secondary N) is 2. The molecule has 1 aromatic rings. The summed E-state index contributed by atoms with van der Waals surface area (Å²) in [5.74, 6) is -0.703. The Balaban J connectivity index is 2.27. The number of hydrogen-bond acceptors (Lipinski definition) is 4. The van der Waals surface area contributed by atoms with Gasteiger partial charge < -0.3 is 15.4 Å². The lowest BCUT2D eigenvalue weighted by Crippen LogP contribution is -2.33. The van der Waals surface area contributed by atoms with Gasteiger partial charge in [0.1, 0.15) is 0 Å². The van der Waals surface area contributed by atoms with Crippen molar-refractivity contribution < 1.29 is 19.1 Å². The Kier molecular flexibility index (Phi) is 6.52. The van der Waals surface area contributed by atoms with Crippen LogP contribution in [-0.2, 0) is 14.3 Å². The molecule has 0 saturated carbocycles. The molecule has 6 nitrogen and oxygen atoms in total. The van der Waals surface area contributed by atoms with Gasteiger partial charge >= 0.3 is 12.0 Å². The zero-order chi connectivity index (χ0) is 15.0. The molecule has 1 aromatic carbocycles. The minimum Gasteiger partial charge on any atom is -0.469 e. The number of rotatable bonds is 6. The summed E-state index contributed by atoms with van der Waals surface area (Å²) in [6.45, 7) is -0.142. The molecular formula is C13H15ClN2O4. The van der Waals surface area contributed by atoms with E-state index in [1.807, 2.05) is 0 Å². The van der Waals surface area contributed by atoms with Gasteiger partial charge in [-0.3, -0.25) is 9.59 Å². The molecule has 0 aromatic heterocycles. The fourth-order valence-electron chi connectivity index (χ4n) is 1.32. The monoisotopic (exact) mass is 298 g/mol. The van der Waals surface area contributed by atoms with Gasteiger partial charge in [0.2, 0.25) is 0 Å². The summed E-state index contributed by atoms with van der Waals surface area (Å²) in [6.07, 6.45) is 0.0454. The Hall–Kier alpha value is -2.08. The first-order chi connectivity index (χ1) is 9.51. The van der Waals surface area contributed by atoms with Crippen LogP contribution in [0.3, 0.4) is 0 Å². The summed E-state index contributed by atoms with van der Waals surface area (Å²) < 4.78 is 4.41. The Morgan fingerprint density at radius 3 is 2.40 bits per heavy atom. The molecule has 0 bridgehead atoms. The first kappa shape index (κ1) is 16.0. The van der Waals surface area contributed by atoms with E-state index < -0.39 is 12.0 Å². The van der Waals surface area contributed by atoms with Gasteiger partial charge in [-0.2, -0.15) is 0 Å². The predicted molar refractivity (Wildman–Crippen MR) is 74.7 cm³/mol. The van der Waals surface area contributed by atoms with E-state index in [2.05, 4.69) is 15.4 Å². The molecular weight excluding hydrogens is 284 g/mol. The number of halogens is 1. The Morgan fingerprint density at radius 2 is 1.80 bits per heavy atom. The van der Waals surface area contributed by atoms with Gasteiger partial charge in [0.15, 0.2) is 5.78 Å². The smallest absolute Gasteiger partial charge is 0.319 e. The number of hydrogen-bond donors (Lipinski definition) is 2. The maximum Gasteiger partial charge on any atom is 0.319 e. The van der Waals surface area contributed by atoms with Crippen molar-refractivity contribution in [3.8, 4) is 0 Å². The van der Waals surface area contributed by atoms with Crippen molar-refractivity contribution in [1.82, 2.24) is 5.32 Å². The first-order valence-electron chi connectivity index (χ1n) is 5.90. The number of ether oxygens (including phenoxy) is 1. The van der Waals surface area contributed by atoms with Crippen molar-refractivity contribution >= 4 is 35.1 Å². The summed E-state index contributed by atoms with van der Waals surface area (Å²) in [5, 5.41) is 5.51. The van der Waals surface area contributed by atoms with Crippen LogP contribution in [0.15, 0.2) is 24.3 Å². The van der Waals surface area contributed by atoms with Gasteiger partial charge in [-0.25, -0.2) is 4.79 Å². The molecule has 0 heterocycles. The summed E-state index contributed by atoms with van der Waals surface area (Å²) in [4.78, 5) is 33.7. The third-order valence-corrected chi connectivity index (χ3v) is 2.64. The van der Waals surface area contributed by atoms with E-state index in [0.29, 0.717) is 10.7 Å². The molecule has 0 saturated heterocycles. The van der Waals surface area contributed by atoms with Gasteiger partial charge in [0.25, 0.3) is 0 Å². The van der Waals surface area contributed by atoms with E-state index in [9.17, 15) is 14.4 Å². The molecule has 0 spiro atoms. The Bertz CT molecular complexity index is 488. The van der Waals surface area contributed by atoms with Crippen LogP contribution in [-0.4, -0.2) is 31.4 Å². The highest BCUT2D eigenvalue weighted by atomic mass is 35.5. The van der Waals surface area contributed by atoms with Crippen LogP contribution >= 0.6 is 11.6 Å². The van der Waals surface area contributed by atoms with Crippen LogP contribution in [0.1, 0.15) is 12.8 Å². The summed E-state index contributed by atoms with van der Waals surface area (Å²) in [5.41, 5.74) is 0.564. The van der Waals surface area contributed by atoms with E-state index in [-0.39, 0.29) is 25.2 Å². The average Bonchev–Trinajstić information content (AvgIpc) is 2.45. The summed E-state index contributed by atoms with van der Waals surface area (Å²) in [7, 11) is 1.25. The molecule has 108 valence electrons. The molecule has 0 unspecified atom stereocenters. The largest absolute Gasteiger partial charge is 0.469 e. The number of methoxy groups -OCH3 is 1. The molecule has 20 heavy (non-hydrogen) atoms. The normalized spacial score (nSPS) is 9.70. The molecule has 7 heteroatoms. The number of anilines is 1. The van der Waals surface area contributed by atoms with E-state index in [1.165, 1.54) is 7.11 Å². The van der Waals surface area contributed by atoms with E-state index in [0.717, 1.165) is 0 Å². The Labute approximate surface area is 121 Å². The molecule has 0 atom stereocenters. The van der Waals surface area contributed by atoms with Gasteiger partial charge in [-0.1, -0.05) is 11.6 Å². The fourth-order valence-corrected chi connectivity index (χ4v) is 1.45. The van der Waals surface area contributed by atoms with Crippen LogP contribution in [0.5, 0.6) is 0 Å². The topological polar surface area (TPSA) is 84.5 Å². The molecule has 0 aliphatic rings. The van der Waals surface area contributed by atoms with E-state index in [4.69, 9.17) is 11.6 Å². The lowest BCUT2D eigenvalue weighted by atomic mass is 10.2. The number of ketones is 1. The van der Waals surface area contributed by atoms with Crippen molar-refractivity contribution in [3.63, 3.8) is 0 Å². The highest BCUT2D eigenvalue weighted by Gasteiger charge is 2.08. The van der Waals surface area contributed by atoms with Gasteiger partial charge in [0, 0.05) is 17.1 Å². The van der Waals surface area contributed by atoms with Crippen molar-refractivity contribution in [3.05, 3.63) is 29.3 Å². The SMILES string of the molecule is COC(=O)CCC(=O)CNC(=O)Nc1ccc(Cl)cc1. The fraction of sp³-hybridized carbons (Fsp3) is 0.308. The van der Waals surface area contributed by atoms with Gasteiger partial charge in [0.05, 0.1) is 20.1 Å². The number of carbonyl (C=O) groups excluding carboxylic acids is 3. The standard InChI is InChI=1S/C13H15ClN2O4/c1-20-12(18)7-6-11(17)8-15-13(19)16-10-4-2-9(14)3-5-10/h2-5H,6-8H2,1H3,(H2,15,16,19). The van der Waals surface area contributed by atoms with Crippen LogP contribution in [0.4, 0.5) is 10.5 Å². The van der Waals surface area contributed by atoms with E-state index in [1.54, 1.807) is 24.3 Å². The molecule has 2 N–H and O–H groups in total. The quantitative estimate of drug-likeness (QED) is 0.787. The second kappa shape index (κ2) is 8.16. The van der Waals surface area contributed by atoms with Crippen LogP contribution < -0.4 is 10.6 Å². The number of benzene rings is 1. The second-order valence-electron chi connectivity index (χ2n) is 3.93. The van der Waals surface area contributed by atoms with Crippen molar-refractivity contribution in [2.45, 2.75) is 12.8 Å². The lowest BCUT2D eigenvalue weighted by Gasteiger charge is -2.07. The maximum atomic E-state index is 11.5. The molecule has 0 fully saturated rings. The van der Waals surface area contributed by atoms with Crippen molar-refractivity contribution in [2.75, 3.05) is 19.0 Å². The van der Waals surface area contributed by atoms with E-state index >= 15 is 0 Å². The highest BCUT2D eigenvalue weighted by molar-refractivity contribution is 6.30. The molecule has 0 aliphatic heterocycles. The minimum absolute atomic E-state index is 0.00974. The summed E-state index contributed by atoms with van der Waals surface area (Å²) in [6, 6.07) is 6.05. The number of Topliss-reactive ketones (excluding diaryl/α,β-unsaturated/α-hetero) is 1. The number of esters is 1. The van der Waals surface area contributed by atoms with Crippen molar-refractivity contribution in [1.29, 1.82) is 0 Å². The number of amides is 2. The number of carbonyl (C=O) groups is 3. The number of urea groups is 1. The Morgan fingerprint density at radius 1 is 1.15 bits per heavy atom. The third-order valence-electron chi connectivity index (χ3n) is 2.38. The molecule has 1 rings (SSSR count). The van der Waals surface area contributed by atoms with Gasteiger partial charge in [-0.15, -0.1) is 0 Å². The van der Waals surface area contributed by atoms with Gasteiger partial charge in [-0.05, 0) is 24.3 Å². The molecule has 0 aliphatic carbocycles. The van der Waals surface area contributed by atoms with Crippen molar-refractivity contribution in [2.24, 2.45) is 0 Å². The zero-order valence-corrected chi connectivity index (χ0v) is 11.7. The maximum absolute atomic E-state index is 11.5. The van der Waals surface area contributed by atoms with Crippen LogP contribution in [0, 0.1) is 0 Å². The molecule has 0 radical (unpaired) electrons. The summed E-state index contributed by atoms with van der Waals surface area (Å²) >= 11 is 5.71. The first-order valence-corrected chi connectivity index (χ1v) is 6.28. The minimum atomic E-state index is -0.501. The predicted octanol–water partition coefficient (Wildman–Crippen LogP) is 1.98. The molecule has 2 amide bonds. The van der Waals surface area contributed by atoms with Crippen LogP contribution in [0.2, 0.25) is 5.02 Å². The van der Waals surface area contributed by atoms with Crippen LogP contribution in [0.25, 0.3) is 0 Å².